The number of rotatable bonds is 4. The Morgan fingerprint density at radius 1 is 1.32 bits per heavy atom. The van der Waals surface area contributed by atoms with E-state index in [1.165, 1.54) is 0 Å². The van der Waals surface area contributed by atoms with Crippen molar-refractivity contribution in [3.05, 3.63) is 28.7 Å². The second-order valence-corrected chi connectivity index (χ2v) is 9.10. The number of hydrogen-bond acceptors (Lipinski definition) is 4. The number of hydrogen-bond donors (Lipinski definition) is 2. The van der Waals surface area contributed by atoms with Crippen LogP contribution in [0.1, 0.15) is 61.3 Å². The van der Waals surface area contributed by atoms with Crippen LogP contribution in [0.4, 0.5) is 19.0 Å². The van der Waals surface area contributed by atoms with E-state index in [-0.39, 0.29) is 36.6 Å². The van der Waals surface area contributed by atoms with Gasteiger partial charge >= 0.3 is 6.18 Å². The minimum absolute atomic E-state index is 0.00485. The highest BCUT2D eigenvalue weighted by atomic mass is 19.4. The smallest absolute Gasteiger partial charge is 0.367 e. The summed E-state index contributed by atoms with van der Waals surface area (Å²) in [5.74, 6) is 0.426. The van der Waals surface area contributed by atoms with E-state index in [1.807, 2.05) is 27.7 Å². The minimum atomic E-state index is -4.36. The number of aryl methyl sites for hydroxylation is 2. The van der Waals surface area contributed by atoms with E-state index in [0.29, 0.717) is 31.0 Å². The molecule has 1 fully saturated rings. The van der Waals surface area contributed by atoms with E-state index < -0.39 is 12.2 Å². The van der Waals surface area contributed by atoms with Crippen LogP contribution >= 0.6 is 0 Å². The number of aromatic amines is 1. The van der Waals surface area contributed by atoms with Gasteiger partial charge in [0, 0.05) is 42.4 Å². The third-order valence-electron chi connectivity index (χ3n) is 6.61. The predicted octanol–water partition coefficient (Wildman–Crippen LogP) is 3.73. The van der Waals surface area contributed by atoms with Crippen LogP contribution in [0.5, 0.6) is 0 Å². The van der Waals surface area contributed by atoms with Crippen molar-refractivity contribution < 1.29 is 18.0 Å². The van der Waals surface area contributed by atoms with Gasteiger partial charge in [-0.05, 0) is 32.6 Å². The largest absolute Gasteiger partial charge is 0.410 e. The van der Waals surface area contributed by atoms with Gasteiger partial charge in [-0.15, -0.1) is 0 Å². The maximum atomic E-state index is 13.7. The van der Waals surface area contributed by atoms with E-state index in [4.69, 9.17) is 0 Å². The molecular formula is C21H29F3N6O. The Hall–Kier alpha value is -2.52. The SMILES string of the molecule is Cc1n[nH]c(C)c1CC(=O)N1CC[C@H](c2cc3n(n2)[C@@H](C(F)(F)F)C[C@@H](C(C)C)N3)C1. The van der Waals surface area contributed by atoms with Crippen LogP contribution in [0.15, 0.2) is 6.07 Å². The number of likely N-dealkylation sites (tertiary alicyclic amines) is 1. The Labute approximate surface area is 179 Å². The van der Waals surface area contributed by atoms with E-state index in [1.54, 1.807) is 11.0 Å². The molecule has 2 aliphatic rings. The summed E-state index contributed by atoms with van der Waals surface area (Å²) in [5.41, 5.74) is 3.22. The second kappa shape index (κ2) is 7.87. The van der Waals surface area contributed by atoms with E-state index >= 15 is 0 Å². The molecule has 7 nitrogen and oxygen atoms in total. The Balaban J connectivity index is 1.50. The summed E-state index contributed by atoms with van der Waals surface area (Å²) in [6.07, 6.45) is -3.43. The number of anilines is 1. The number of carbonyl (C=O) groups excluding carboxylic acids is 1. The number of fused-ring (bicyclic) bond motifs is 1. The van der Waals surface area contributed by atoms with Gasteiger partial charge in [-0.1, -0.05) is 13.8 Å². The summed E-state index contributed by atoms with van der Waals surface area (Å²) >= 11 is 0. The molecule has 2 N–H and O–H groups in total. The molecule has 2 aliphatic heterocycles. The Bertz CT molecular complexity index is 943. The molecule has 1 saturated heterocycles. The molecule has 4 heterocycles. The fourth-order valence-corrected chi connectivity index (χ4v) is 4.58. The average Bonchev–Trinajstić information content (AvgIpc) is 3.40. The fraction of sp³-hybridized carbons (Fsp3) is 0.667. The van der Waals surface area contributed by atoms with Gasteiger partial charge in [-0.2, -0.15) is 23.4 Å². The van der Waals surface area contributed by atoms with Crippen molar-refractivity contribution in [1.82, 2.24) is 24.9 Å². The standard InChI is InChI=1S/C21H29F3N6O/c1-11(2)16-8-18(21(22,23)24)30-19(25-16)9-17(28-30)14-5-6-29(10-14)20(31)7-15-12(3)26-27-13(15)4/h9,11,14,16,18,25H,5-8,10H2,1-4H3,(H,26,27)/t14-,16-,18+/m0/s1. The lowest BCUT2D eigenvalue weighted by Crippen LogP contribution is -2.41. The van der Waals surface area contributed by atoms with Gasteiger partial charge in [0.25, 0.3) is 0 Å². The lowest BCUT2D eigenvalue weighted by atomic mass is 9.94. The first-order valence-corrected chi connectivity index (χ1v) is 10.8. The van der Waals surface area contributed by atoms with Crippen LogP contribution in [0.3, 0.4) is 0 Å². The van der Waals surface area contributed by atoms with Gasteiger partial charge in [-0.25, -0.2) is 4.68 Å². The molecule has 0 unspecified atom stereocenters. The zero-order chi connectivity index (χ0) is 22.5. The van der Waals surface area contributed by atoms with Crippen LogP contribution in [0.2, 0.25) is 0 Å². The molecule has 0 saturated carbocycles. The molecule has 0 aromatic carbocycles. The first kappa shape index (κ1) is 21.7. The van der Waals surface area contributed by atoms with Crippen LogP contribution in [-0.4, -0.2) is 56.1 Å². The second-order valence-electron chi connectivity index (χ2n) is 9.10. The van der Waals surface area contributed by atoms with Gasteiger partial charge in [-0.3, -0.25) is 9.89 Å². The molecular weight excluding hydrogens is 409 g/mol. The van der Waals surface area contributed by atoms with Crippen molar-refractivity contribution in [2.24, 2.45) is 5.92 Å². The number of H-pyrrole nitrogens is 1. The van der Waals surface area contributed by atoms with E-state index in [0.717, 1.165) is 21.6 Å². The summed E-state index contributed by atoms with van der Waals surface area (Å²) < 4.78 is 42.2. The Morgan fingerprint density at radius 3 is 2.68 bits per heavy atom. The zero-order valence-corrected chi connectivity index (χ0v) is 18.3. The molecule has 2 aromatic rings. The van der Waals surface area contributed by atoms with Crippen LogP contribution < -0.4 is 5.32 Å². The number of carbonyl (C=O) groups is 1. The lowest BCUT2D eigenvalue weighted by molar-refractivity contribution is -0.174. The first-order chi connectivity index (χ1) is 14.5. The van der Waals surface area contributed by atoms with Gasteiger partial charge in [0.1, 0.15) is 5.82 Å². The van der Waals surface area contributed by atoms with Gasteiger partial charge in [0.15, 0.2) is 6.04 Å². The topological polar surface area (TPSA) is 78.8 Å². The van der Waals surface area contributed by atoms with Crippen molar-refractivity contribution in [2.75, 3.05) is 18.4 Å². The highest BCUT2D eigenvalue weighted by Crippen LogP contribution is 2.42. The van der Waals surface area contributed by atoms with Crippen molar-refractivity contribution in [1.29, 1.82) is 0 Å². The minimum Gasteiger partial charge on any atom is -0.367 e. The predicted molar refractivity (Wildman–Crippen MR) is 110 cm³/mol. The molecule has 0 aliphatic carbocycles. The first-order valence-electron chi connectivity index (χ1n) is 10.8. The van der Waals surface area contributed by atoms with Gasteiger partial charge in [0.2, 0.25) is 5.91 Å². The summed E-state index contributed by atoms with van der Waals surface area (Å²) in [4.78, 5) is 14.6. The number of aromatic nitrogens is 4. The molecule has 3 atom stereocenters. The van der Waals surface area contributed by atoms with Gasteiger partial charge in [0.05, 0.1) is 17.8 Å². The quantitative estimate of drug-likeness (QED) is 0.763. The molecule has 4 rings (SSSR count). The molecule has 0 spiro atoms. The maximum absolute atomic E-state index is 13.7. The normalized spacial score (nSPS) is 23.9. The maximum Gasteiger partial charge on any atom is 0.410 e. The van der Waals surface area contributed by atoms with Crippen molar-refractivity contribution in [3.63, 3.8) is 0 Å². The number of halogens is 3. The molecule has 10 heteroatoms. The third kappa shape index (κ3) is 4.16. The molecule has 0 radical (unpaired) electrons. The molecule has 2 aromatic heterocycles. The highest BCUT2D eigenvalue weighted by Gasteiger charge is 2.47. The lowest BCUT2D eigenvalue weighted by Gasteiger charge is -2.35. The molecule has 170 valence electrons. The summed E-state index contributed by atoms with van der Waals surface area (Å²) in [5, 5.41) is 14.6. The number of alkyl halides is 3. The highest BCUT2D eigenvalue weighted by molar-refractivity contribution is 5.79. The average molecular weight is 438 g/mol. The Morgan fingerprint density at radius 2 is 2.06 bits per heavy atom. The number of nitrogens with zero attached hydrogens (tertiary/aromatic N) is 4. The van der Waals surface area contributed by atoms with E-state index in [9.17, 15) is 18.0 Å². The summed E-state index contributed by atoms with van der Waals surface area (Å²) in [6, 6.07) is -0.154. The van der Waals surface area contributed by atoms with Crippen molar-refractivity contribution in [3.8, 4) is 0 Å². The van der Waals surface area contributed by atoms with Crippen LogP contribution in [0.25, 0.3) is 0 Å². The molecule has 0 bridgehead atoms. The van der Waals surface area contributed by atoms with E-state index in [2.05, 4.69) is 20.6 Å². The fourth-order valence-electron chi connectivity index (χ4n) is 4.58. The summed E-state index contributed by atoms with van der Waals surface area (Å²) in [7, 11) is 0. The number of amides is 1. The van der Waals surface area contributed by atoms with Crippen molar-refractivity contribution in [2.45, 2.75) is 71.1 Å². The summed E-state index contributed by atoms with van der Waals surface area (Å²) in [6.45, 7) is 8.63. The van der Waals surface area contributed by atoms with Gasteiger partial charge < -0.3 is 10.2 Å². The monoisotopic (exact) mass is 438 g/mol. The molecule has 1 amide bonds. The molecule has 31 heavy (non-hydrogen) atoms. The van der Waals surface area contributed by atoms with Crippen molar-refractivity contribution >= 4 is 11.7 Å². The van der Waals surface area contributed by atoms with Crippen LogP contribution in [0, 0.1) is 19.8 Å². The Kier molecular flexibility index (Phi) is 5.51. The number of nitrogens with one attached hydrogen (secondary N) is 2. The van der Waals surface area contributed by atoms with Crippen LogP contribution in [-0.2, 0) is 11.2 Å². The zero-order valence-electron chi connectivity index (χ0n) is 18.3. The third-order valence-corrected chi connectivity index (χ3v) is 6.61.